The maximum absolute atomic E-state index is 5.96. The van der Waals surface area contributed by atoms with E-state index in [0.29, 0.717) is 0 Å². The molecular weight excluding hydrogens is 356 g/mol. The summed E-state index contributed by atoms with van der Waals surface area (Å²) in [5.41, 5.74) is 4.06. The molecular formula is C22H21ClN4. The number of pyridine rings is 2. The molecule has 0 unspecified atom stereocenters. The first-order valence-electron chi connectivity index (χ1n) is 8.98. The molecule has 1 aromatic carbocycles. The fourth-order valence-electron chi connectivity index (χ4n) is 3.25. The molecule has 4 rings (SSSR count). The van der Waals surface area contributed by atoms with E-state index >= 15 is 0 Å². The molecule has 0 radical (unpaired) electrons. The van der Waals surface area contributed by atoms with E-state index in [1.54, 1.807) is 0 Å². The predicted octanol–water partition coefficient (Wildman–Crippen LogP) is 5.08. The average molecular weight is 377 g/mol. The largest absolute Gasteiger partial charge is 0.361 e. The van der Waals surface area contributed by atoms with Gasteiger partial charge in [-0.1, -0.05) is 36.4 Å². The Hall–Kier alpha value is -2.85. The topological polar surface area (TPSA) is 32.3 Å². The van der Waals surface area contributed by atoms with Crippen LogP contribution < -0.4 is 4.90 Å². The molecule has 4 nitrogen and oxygen atoms in total. The Balaban J connectivity index is 1.53. The van der Waals surface area contributed by atoms with E-state index < -0.39 is 0 Å². The standard InChI is InChI=1S/C22H21ClN4/c1-16-26(2)12-3-13-27(16)22-11-7-19(15-25-22)21-10-6-18(14-24-21)17-4-8-20(23)9-5-17/h4-11,14-15H,1,3,12-13H2,2H3. The Morgan fingerprint density at radius 3 is 2.22 bits per heavy atom. The van der Waals surface area contributed by atoms with Crippen LogP contribution in [0.1, 0.15) is 6.42 Å². The van der Waals surface area contributed by atoms with Gasteiger partial charge in [0.25, 0.3) is 0 Å². The Kier molecular flexibility index (Phi) is 4.82. The van der Waals surface area contributed by atoms with Crippen molar-refractivity contribution in [3.8, 4) is 22.4 Å². The second-order valence-corrected chi connectivity index (χ2v) is 7.12. The Bertz CT molecular complexity index is 934. The normalized spacial score (nSPS) is 14.5. The number of benzene rings is 1. The number of aromatic nitrogens is 2. The lowest BCUT2D eigenvalue weighted by molar-refractivity contribution is 0.361. The van der Waals surface area contributed by atoms with E-state index in [0.717, 1.165) is 58.6 Å². The lowest BCUT2D eigenvalue weighted by Gasteiger charge is -2.37. The molecule has 1 fully saturated rings. The van der Waals surface area contributed by atoms with Crippen molar-refractivity contribution >= 4 is 17.4 Å². The van der Waals surface area contributed by atoms with Gasteiger partial charge in [-0.05, 0) is 42.3 Å². The third kappa shape index (κ3) is 3.67. The smallest absolute Gasteiger partial charge is 0.134 e. The van der Waals surface area contributed by atoms with Crippen LogP contribution in [-0.2, 0) is 0 Å². The first kappa shape index (κ1) is 17.6. The summed E-state index contributed by atoms with van der Waals surface area (Å²) >= 11 is 5.96. The van der Waals surface area contributed by atoms with Crippen molar-refractivity contribution in [1.29, 1.82) is 0 Å². The molecule has 3 aromatic rings. The van der Waals surface area contributed by atoms with Gasteiger partial charge in [0.1, 0.15) is 11.6 Å². The summed E-state index contributed by atoms with van der Waals surface area (Å²) in [6, 6.07) is 16.0. The van der Waals surface area contributed by atoms with Crippen LogP contribution in [0.2, 0.25) is 5.02 Å². The Labute approximate surface area is 164 Å². The van der Waals surface area contributed by atoms with E-state index in [9.17, 15) is 0 Å². The summed E-state index contributed by atoms with van der Waals surface area (Å²) in [7, 11) is 2.06. The van der Waals surface area contributed by atoms with Crippen molar-refractivity contribution in [3.05, 3.63) is 78.3 Å². The van der Waals surface area contributed by atoms with E-state index in [1.165, 1.54) is 0 Å². The number of nitrogens with zero attached hydrogens (tertiary/aromatic N) is 4. The van der Waals surface area contributed by atoms with Crippen LogP contribution in [0.5, 0.6) is 0 Å². The van der Waals surface area contributed by atoms with Crippen molar-refractivity contribution in [3.63, 3.8) is 0 Å². The number of anilines is 1. The van der Waals surface area contributed by atoms with Gasteiger partial charge in [0, 0.05) is 48.7 Å². The lowest BCUT2D eigenvalue weighted by atomic mass is 10.1. The van der Waals surface area contributed by atoms with Crippen LogP contribution in [0, 0.1) is 0 Å². The van der Waals surface area contributed by atoms with Crippen molar-refractivity contribution in [1.82, 2.24) is 14.9 Å². The molecule has 3 heterocycles. The van der Waals surface area contributed by atoms with E-state index in [1.807, 2.05) is 48.8 Å². The summed E-state index contributed by atoms with van der Waals surface area (Å²) in [5.74, 6) is 1.92. The molecule has 1 saturated heterocycles. The molecule has 5 heteroatoms. The number of hydrogen-bond acceptors (Lipinski definition) is 4. The Morgan fingerprint density at radius 1 is 0.852 bits per heavy atom. The maximum Gasteiger partial charge on any atom is 0.134 e. The van der Waals surface area contributed by atoms with Crippen LogP contribution in [0.3, 0.4) is 0 Å². The first-order valence-corrected chi connectivity index (χ1v) is 9.35. The fraction of sp³-hybridized carbons (Fsp3) is 0.182. The molecule has 1 aliphatic heterocycles. The highest BCUT2D eigenvalue weighted by Gasteiger charge is 2.19. The van der Waals surface area contributed by atoms with Crippen molar-refractivity contribution in [2.75, 3.05) is 25.0 Å². The number of rotatable bonds is 3. The van der Waals surface area contributed by atoms with Crippen LogP contribution in [0.4, 0.5) is 5.82 Å². The van der Waals surface area contributed by atoms with Crippen LogP contribution in [0.25, 0.3) is 22.4 Å². The summed E-state index contributed by atoms with van der Waals surface area (Å²) in [6.07, 6.45) is 4.86. The first-order chi connectivity index (χ1) is 13.1. The summed E-state index contributed by atoms with van der Waals surface area (Å²) in [6.45, 7) is 6.16. The average Bonchev–Trinajstić information content (AvgIpc) is 2.71. The van der Waals surface area contributed by atoms with Gasteiger partial charge in [-0.2, -0.15) is 0 Å². The minimum absolute atomic E-state index is 0.733. The van der Waals surface area contributed by atoms with E-state index in [-0.39, 0.29) is 0 Å². The Morgan fingerprint density at radius 2 is 1.56 bits per heavy atom. The van der Waals surface area contributed by atoms with Gasteiger partial charge >= 0.3 is 0 Å². The summed E-state index contributed by atoms with van der Waals surface area (Å²) in [5, 5.41) is 0.733. The quantitative estimate of drug-likeness (QED) is 0.638. The van der Waals surface area contributed by atoms with Gasteiger partial charge in [-0.3, -0.25) is 4.98 Å². The van der Waals surface area contributed by atoms with Gasteiger partial charge in [0.05, 0.1) is 5.69 Å². The summed E-state index contributed by atoms with van der Waals surface area (Å²) in [4.78, 5) is 13.6. The van der Waals surface area contributed by atoms with Crippen LogP contribution in [-0.4, -0.2) is 35.0 Å². The lowest BCUT2D eigenvalue weighted by Crippen LogP contribution is -2.40. The molecule has 136 valence electrons. The fourth-order valence-corrected chi connectivity index (χ4v) is 3.38. The SMILES string of the molecule is C=C1N(C)CCCN1c1ccc(-c2ccc(-c3ccc(Cl)cc3)cn2)cn1. The number of hydrogen-bond donors (Lipinski definition) is 0. The molecule has 0 atom stereocenters. The second kappa shape index (κ2) is 7.41. The van der Waals surface area contributed by atoms with Crippen LogP contribution >= 0.6 is 11.6 Å². The minimum atomic E-state index is 0.733. The molecule has 0 amide bonds. The highest BCUT2D eigenvalue weighted by Crippen LogP contribution is 2.26. The van der Waals surface area contributed by atoms with Crippen molar-refractivity contribution in [2.45, 2.75) is 6.42 Å². The number of halogens is 1. The molecule has 0 N–H and O–H groups in total. The van der Waals surface area contributed by atoms with Gasteiger partial charge in [0.15, 0.2) is 0 Å². The zero-order chi connectivity index (χ0) is 18.8. The molecule has 2 aromatic heterocycles. The zero-order valence-electron chi connectivity index (χ0n) is 15.3. The van der Waals surface area contributed by atoms with E-state index in [4.69, 9.17) is 11.6 Å². The maximum atomic E-state index is 5.96. The highest BCUT2D eigenvalue weighted by molar-refractivity contribution is 6.30. The molecule has 1 aliphatic rings. The summed E-state index contributed by atoms with van der Waals surface area (Å²) < 4.78 is 0. The highest BCUT2D eigenvalue weighted by atomic mass is 35.5. The minimum Gasteiger partial charge on any atom is -0.361 e. The molecule has 0 saturated carbocycles. The van der Waals surface area contributed by atoms with Crippen molar-refractivity contribution < 1.29 is 0 Å². The zero-order valence-corrected chi connectivity index (χ0v) is 16.0. The third-order valence-electron chi connectivity index (χ3n) is 4.89. The van der Waals surface area contributed by atoms with Gasteiger partial charge in [0.2, 0.25) is 0 Å². The van der Waals surface area contributed by atoms with Crippen LogP contribution in [0.15, 0.2) is 73.3 Å². The van der Waals surface area contributed by atoms with Gasteiger partial charge in [-0.25, -0.2) is 4.98 Å². The molecule has 0 bridgehead atoms. The second-order valence-electron chi connectivity index (χ2n) is 6.69. The van der Waals surface area contributed by atoms with Gasteiger partial charge in [-0.15, -0.1) is 0 Å². The monoisotopic (exact) mass is 376 g/mol. The molecule has 0 aliphatic carbocycles. The molecule has 27 heavy (non-hydrogen) atoms. The van der Waals surface area contributed by atoms with Gasteiger partial charge < -0.3 is 9.80 Å². The predicted molar refractivity (Wildman–Crippen MR) is 112 cm³/mol. The third-order valence-corrected chi connectivity index (χ3v) is 5.14. The van der Waals surface area contributed by atoms with E-state index in [2.05, 4.69) is 45.5 Å². The molecule has 0 spiro atoms. The van der Waals surface area contributed by atoms with Crippen molar-refractivity contribution in [2.24, 2.45) is 0 Å².